The Bertz CT molecular complexity index is 742. The lowest BCUT2D eigenvalue weighted by molar-refractivity contribution is 0.237. The van der Waals surface area contributed by atoms with E-state index >= 15 is 0 Å². The average Bonchev–Trinajstić information content (AvgIpc) is 3.52. The fourth-order valence-electron chi connectivity index (χ4n) is 4.31. The predicted octanol–water partition coefficient (Wildman–Crippen LogP) is 4.14. The third-order valence-corrected chi connectivity index (χ3v) is 5.90. The van der Waals surface area contributed by atoms with Crippen molar-refractivity contribution in [2.24, 2.45) is 0 Å². The summed E-state index contributed by atoms with van der Waals surface area (Å²) in [4.78, 5) is 2.63. The van der Waals surface area contributed by atoms with Gasteiger partial charge in [0.15, 0.2) is 0 Å². The summed E-state index contributed by atoms with van der Waals surface area (Å²) >= 11 is 0. The first-order valence-corrected chi connectivity index (χ1v) is 9.54. The molecule has 1 unspecified atom stereocenters. The molecular weight excluding hydrogens is 296 g/mol. The van der Waals surface area contributed by atoms with E-state index < -0.39 is 0 Å². The monoisotopic (exact) mass is 322 g/mol. The molecule has 3 fully saturated rings. The summed E-state index contributed by atoms with van der Waals surface area (Å²) < 4.78 is 2.50. The number of aromatic nitrogens is 3. The van der Waals surface area contributed by atoms with Gasteiger partial charge in [-0.3, -0.25) is 4.90 Å². The molecule has 0 bridgehead atoms. The molecule has 24 heavy (non-hydrogen) atoms. The maximum absolute atomic E-state index is 4.62. The van der Waals surface area contributed by atoms with E-state index in [1.165, 1.54) is 67.8 Å². The molecule has 1 saturated heterocycles. The minimum atomic E-state index is 0.542. The summed E-state index contributed by atoms with van der Waals surface area (Å²) in [6.07, 6.45) is 7.78. The molecule has 1 aromatic carbocycles. The van der Waals surface area contributed by atoms with E-state index in [1.807, 2.05) is 0 Å². The number of aryl methyl sites for hydroxylation is 1. The second-order valence-corrected chi connectivity index (χ2v) is 7.83. The quantitative estimate of drug-likeness (QED) is 0.830. The number of rotatable bonds is 5. The molecular formula is C20H26N4. The van der Waals surface area contributed by atoms with Crippen LogP contribution in [-0.2, 0) is 6.54 Å². The Morgan fingerprint density at radius 3 is 2.62 bits per heavy atom. The summed E-state index contributed by atoms with van der Waals surface area (Å²) in [6, 6.07) is 10.1. The van der Waals surface area contributed by atoms with Gasteiger partial charge in [-0.2, -0.15) is 0 Å². The van der Waals surface area contributed by atoms with Gasteiger partial charge in [-0.1, -0.05) is 24.3 Å². The zero-order valence-corrected chi connectivity index (χ0v) is 14.5. The molecule has 0 radical (unpaired) electrons. The Kier molecular flexibility index (Phi) is 3.47. The highest BCUT2D eigenvalue weighted by molar-refractivity contribution is 5.29. The summed E-state index contributed by atoms with van der Waals surface area (Å²) in [5.74, 6) is 3.18. The molecule has 126 valence electrons. The highest BCUT2D eigenvalue weighted by atomic mass is 15.3. The van der Waals surface area contributed by atoms with Crippen molar-refractivity contribution in [3.05, 3.63) is 47.0 Å². The second kappa shape index (κ2) is 5.69. The number of hydrogen-bond acceptors (Lipinski definition) is 3. The Morgan fingerprint density at radius 2 is 1.88 bits per heavy atom. The van der Waals surface area contributed by atoms with Crippen LogP contribution in [0.1, 0.15) is 79.3 Å². The van der Waals surface area contributed by atoms with Crippen LogP contribution in [0.2, 0.25) is 0 Å². The van der Waals surface area contributed by atoms with Crippen molar-refractivity contribution in [1.82, 2.24) is 19.7 Å². The Labute approximate surface area is 143 Å². The zero-order valence-electron chi connectivity index (χ0n) is 14.5. The van der Waals surface area contributed by atoms with E-state index in [0.29, 0.717) is 18.0 Å². The van der Waals surface area contributed by atoms with Gasteiger partial charge in [-0.05, 0) is 63.1 Å². The van der Waals surface area contributed by atoms with E-state index in [0.717, 1.165) is 6.54 Å². The van der Waals surface area contributed by atoms with E-state index in [2.05, 4.69) is 50.9 Å². The predicted molar refractivity (Wildman–Crippen MR) is 93.8 cm³/mol. The average molecular weight is 322 g/mol. The van der Waals surface area contributed by atoms with E-state index in [-0.39, 0.29) is 0 Å². The molecule has 5 rings (SSSR count). The zero-order chi connectivity index (χ0) is 16.1. The van der Waals surface area contributed by atoms with Gasteiger partial charge in [-0.15, -0.1) is 10.2 Å². The molecule has 1 aliphatic heterocycles. The van der Waals surface area contributed by atoms with Crippen LogP contribution in [0.5, 0.6) is 0 Å². The molecule has 1 aromatic heterocycles. The van der Waals surface area contributed by atoms with Crippen molar-refractivity contribution in [2.75, 3.05) is 6.54 Å². The van der Waals surface area contributed by atoms with Gasteiger partial charge >= 0.3 is 0 Å². The molecule has 4 nitrogen and oxygen atoms in total. The first-order valence-electron chi connectivity index (χ1n) is 9.54. The Balaban J connectivity index is 1.42. The molecule has 3 aliphatic rings. The summed E-state index contributed by atoms with van der Waals surface area (Å²) in [5, 5.41) is 9.21. The van der Waals surface area contributed by atoms with Gasteiger partial charge in [-0.25, -0.2) is 0 Å². The van der Waals surface area contributed by atoms with Gasteiger partial charge in [0.2, 0.25) is 0 Å². The lowest BCUT2D eigenvalue weighted by atomic mass is 9.99. The Hall–Kier alpha value is -1.68. The number of nitrogens with zero attached hydrogens (tertiary/aromatic N) is 4. The molecule has 4 heteroatoms. The molecule has 2 saturated carbocycles. The number of benzene rings is 1. The maximum atomic E-state index is 4.62. The number of hydrogen-bond donors (Lipinski definition) is 0. The normalized spacial score (nSPS) is 24.6. The van der Waals surface area contributed by atoms with Crippen LogP contribution < -0.4 is 0 Å². The highest BCUT2D eigenvalue weighted by Crippen LogP contribution is 2.45. The van der Waals surface area contributed by atoms with E-state index in [1.54, 1.807) is 0 Å². The van der Waals surface area contributed by atoms with Crippen LogP contribution in [-0.4, -0.2) is 26.2 Å². The summed E-state index contributed by atoms with van der Waals surface area (Å²) in [7, 11) is 0. The summed E-state index contributed by atoms with van der Waals surface area (Å²) in [5.41, 5.74) is 2.91. The molecule has 0 spiro atoms. The number of likely N-dealkylation sites (tertiary alicyclic amines) is 1. The first-order chi connectivity index (χ1) is 11.8. The fourth-order valence-corrected chi connectivity index (χ4v) is 4.31. The summed E-state index contributed by atoms with van der Waals surface area (Å²) in [6.45, 7) is 4.37. The van der Waals surface area contributed by atoms with Crippen molar-refractivity contribution >= 4 is 0 Å². The molecule has 2 aliphatic carbocycles. The van der Waals surface area contributed by atoms with Crippen LogP contribution >= 0.6 is 0 Å². The van der Waals surface area contributed by atoms with Crippen LogP contribution in [0.4, 0.5) is 0 Å². The van der Waals surface area contributed by atoms with Gasteiger partial charge in [0, 0.05) is 18.0 Å². The van der Waals surface area contributed by atoms with Gasteiger partial charge in [0.05, 0.1) is 6.54 Å². The standard InChI is InChI=1S/C20H26N4/c1-14-5-2-3-6-17(14)18-7-4-12-23(18)13-19-21-22-20(15-8-9-15)24(19)16-10-11-16/h2-3,5-6,15-16,18H,4,7-13H2,1H3. The Morgan fingerprint density at radius 1 is 1.04 bits per heavy atom. The van der Waals surface area contributed by atoms with Crippen molar-refractivity contribution < 1.29 is 0 Å². The molecule has 1 atom stereocenters. The van der Waals surface area contributed by atoms with Crippen LogP contribution in [0, 0.1) is 6.92 Å². The minimum absolute atomic E-state index is 0.542. The molecule has 2 aromatic rings. The molecule has 0 amide bonds. The van der Waals surface area contributed by atoms with Crippen LogP contribution in [0.25, 0.3) is 0 Å². The smallest absolute Gasteiger partial charge is 0.147 e. The first kappa shape index (κ1) is 14.6. The molecule has 2 heterocycles. The minimum Gasteiger partial charge on any atom is -0.311 e. The van der Waals surface area contributed by atoms with Crippen molar-refractivity contribution in [1.29, 1.82) is 0 Å². The van der Waals surface area contributed by atoms with Crippen LogP contribution in [0.3, 0.4) is 0 Å². The topological polar surface area (TPSA) is 34.0 Å². The lowest BCUT2D eigenvalue weighted by Gasteiger charge is -2.26. The van der Waals surface area contributed by atoms with Crippen molar-refractivity contribution in [3.8, 4) is 0 Å². The van der Waals surface area contributed by atoms with Crippen molar-refractivity contribution in [2.45, 2.75) is 70.0 Å². The van der Waals surface area contributed by atoms with Crippen LogP contribution in [0.15, 0.2) is 24.3 Å². The van der Waals surface area contributed by atoms with Crippen molar-refractivity contribution in [3.63, 3.8) is 0 Å². The second-order valence-electron chi connectivity index (χ2n) is 7.83. The third-order valence-electron chi connectivity index (χ3n) is 5.90. The third kappa shape index (κ3) is 2.57. The lowest BCUT2D eigenvalue weighted by Crippen LogP contribution is -2.25. The van der Waals surface area contributed by atoms with E-state index in [4.69, 9.17) is 0 Å². The SMILES string of the molecule is Cc1ccccc1C1CCCN1Cc1nnc(C2CC2)n1C1CC1. The van der Waals surface area contributed by atoms with Gasteiger partial charge in [0.25, 0.3) is 0 Å². The maximum Gasteiger partial charge on any atom is 0.147 e. The van der Waals surface area contributed by atoms with Gasteiger partial charge in [0.1, 0.15) is 11.6 Å². The fraction of sp³-hybridized carbons (Fsp3) is 0.600. The van der Waals surface area contributed by atoms with E-state index in [9.17, 15) is 0 Å². The van der Waals surface area contributed by atoms with Gasteiger partial charge < -0.3 is 4.57 Å². The highest BCUT2D eigenvalue weighted by Gasteiger charge is 2.37. The molecule has 0 N–H and O–H groups in total. The largest absolute Gasteiger partial charge is 0.311 e.